The Kier molecular flexibility index (Phi) is 4.30. The van der Waals surface area contributed by atoms with Gasteiger partial charge in [-0.3, -0.25) is 4.79 Å². The van der Waals surface area contributed by atoms with Gasteiger partial charge in [0.05, 0.1) is 18.1 Å². The maximum absolute atomic E-state index is 10.7. The first-order valence-corrected chi connectivity index (χ1v) is 5.99. The van der Waals surface area contributed by atoms with Crippen molar-refractivity contribution in [3.63, 3.8) is 0 Å². The van der Waals surface area contributed by atoms with Crippen LogP contribution in [0.4, 0.5) is 0 Å². The van der Waals surface area contributed by atoms with E-state index in [-0.39, 0.29) is 6.42 Å². The summed E-state index contributed by atoms with van der Waals surface area (Å²) in [7, 11) is 0. The molecular formula is C10H7Br2NO2. The van der Waals surface area contributed by atoms with Crippen LogP contribution in [0.15, 0.2) is 16.6 Å². The SMILES string of the molecule is N#Cc1ccc(Br)c(CBr)c1CC(=O)O. The molecule has 0 saturated heterocycles. The van der Waals surface area contributed by atoms with E-state index < -0.39 is 5.97 Å². The monoisotopic (exact) mass is 331 g/mol. The van der Waals surface area contributed by atoms with Crippen LogP contribution in [0.25, 0.3) is 0 Å². The van der Waals surface area contributed by atoms with E-state index in [0.29, 0.717) is 16.5 Å². The molecule has 0 fully saturated rings. The Balaban J connectivity index is 3.35. The number of halogens is 2. The lowest BCUT2D eigenvalue weighted by atomic mass is 10.00. The molecule has 0 amide bonds. The fourth-order valence-corrected chi connectivity index (χ4v) is 2.80. The third-order valence-electron chi connectivity index (χ3n) is 1.96. The number of carboxylic acid groups (broad SMARTS) is 1. The number of aliphatic carboxylic acids is 1. The number of carboxylic acids is 1. The second-order valence-electron chi connectivity index (χ2n) is 2.87. The van der Waals surface area contributed by atoms with Crippen molar-refractivity contribution in [1.82, 2.24) is 0 Å². The van der Waals surface area contributed by atoms with Crippen LogP contribution >= 0.6 is 31.9 Å². The summed E-state index contributed by atoms with van der Waals surface area (Å²) in [6.45, 7) is 0. The molecule has 1 rings (SSSR count). The molecule has 0 atom stereocenters. The first-order valence-electron chi connectivity index (χ1n) is 4.08. The molecule has 1 N–H and O–H groups in total. The van der Waals surface area contributed by atoms with E-state index in [9.17, 15) is 4.79 Å². The number of hydrogen-bond acceptors (Lipinski definition) is 2. The first kappa shape index (κ1) is 12.2. The molecule has 0 bridgehead atoms. The molecule has 0 saturated carbocycles. The summed E-state index contributed by atoms with van der Waals surface area (Å²) in [6.07, 6.45) is -0.136. The average molecular weight is 333 g/mol. The number of rotatable bonds is 3. The number of carbonyl (C=O) groups is 1. The van der Waals surface area contributed by atoms with Crippen LogP contribution < -0.4 is 0 Å². The summed E-state index contributed by atoms with van der Waals surface area (Å²) in [5.41, 5.74) is 1.79. The van der Waals surface area contributed by atoms with Gasteiger partial charge in [-0.15, -0.1) is 0 Å². The van der Waals surface area contributed by atoms with Crippen LogP contribution in [0.2, 0.25) is 0 Å². The topological polar surface area (TPSA) is 61.1 Å². The van der Waals surface area contributed by atoms with Gasteiger partial charge in [0.15, 0.2) is 0 Å². The molecule has 0 radical (unpaired) electrons. The summed E-state index contributed by atoms with van der Waals surface area (Å²) in [5.74, 6) is -0.938. The van der Waals surface area contributed by atoms with Crippen molar-refractivity contribution in [2.24, 2.45) is 0 Å². The van der Waals surface area contributed by atoms with E-state index in [2.05, 4.69) is 31.9 Å². The van der Waals surface area contributed by atoms with Crippen molar-refractivity contribution < 1.29 is 9.90 Å². The minimum absolute atomic E-state index is 0.136. The second kappa shape index (κ2) is 5.29. The lowest BCUT2D eigenvalue weighted by Crippen LogP contribution is -2.06. The van der Waals surface area contributed by atoms with Gasteiger partial charge in [-0.1, -0.05) is 31.9 Å². The molecule has 0 heterocycles. The van der Waals surface area contributed by atoms with Crippen molar-refractivity contribution in [1.29, 1.82) is 5.26 Å². The lowest BCUT2D eigenvalue weighted by Gasteiger charge is -2.09. The molecule has 5 heteroatoms. The predicted molar refractivity (Wildman–Crippen MR) is 62.8 cm³/mol. The molecule has 0 unspecified atom stereocenters. The summed E-state index contributed by atoms with van der Waals surface area (Å²) in [6, 6.07) is 5.37. The van der Waals surface area contributed by atoms with E-state index in [1.54, 1.807) is 12.1 Å². The van der Waals surface area contributed by atoms with Crippen LogP contribution in [0.3, 0.4) is 0 Å². The maximum Gasteiger partial charge on any atom is 0.307 e. The zero-order chi connectivity index (χ0) is 11.4. The zero-order valence-corrected chi connectivity index (χ0v) is 10.8. The van der Waals surface area contributed by atoms with Crippen LogP contribution in [0.5, 0.6) is 0 Å². The van der Waals surface area contributed by atoms with Crippen molar-refractivity contribution in [2.75, 3.05) is 0 Å². The van der Waals surface area contributed by atoms with Gasteiger partial charge in [-0.25, -0.2) is 0 Å². The van der Waals surface area contributed by atoms with Crippen molar-refractivity contribution in [3.8, 4) is 6.07 Å². The predicted octanol–water partition coefficient (Wildman–Crippen LogP) is 2.84. The Hall–Kier alpha value is -0.860. The Morgan fingerprint density at radius 1 is 1.47 bits per heavy atom. The molecule has 0 aliphatic rings. The van der Waals surface area contributed by atoms with Gasteiger partial charge in [0, 0.05) is 9.80 Å². The van der Waals surface area contributed by atoms with Gasteiger partial charge in [0.2, 0.25) is 0 Å². The fourth-order valence-electron chi connectivity index (χ4n) is 1.27. The van der Waals surface area contributed by atoms with Gasteiger partial charge >= 0.3 is 5.97 Å². The summed E-state index contributed by atoms with van der Waals surface area (Å²) >= 11 is 6.61. The molecule has 0 aliphatic heterocycles. The summed E-state index contributed by atoms with van der Waals surface area (Å²) in [5, 5.41) is 18.1. The van der Waals surface area contributed by atoms with E-state index >= 15 is 0 Å². The van der Waals surface area contributed by atoms with E-state index in [4.69, 9.17) is 10.4 Å². The molecule has 0 aliphatic carbocycles. The maximum atomic E-state index is 10.7. The minimum atomic E-state index is -0.938. The van der Waals surface area contributed by atoms with Crippen LogP contribution in [0, 0.1) is 11.3 Å². The van der Waals surface area contributed by atoms with Gasteiger partial charge in [-0.2, -0.15) is 5.26 Å². The largest absolute Gasteiger partial charge is 0.481 e. The Morgan fingerprint density at radius 3 is 2.60 bits per heavy atom. The number of nitrogens with zero attached hydrogens (tertiary/aromatic N) is 1. The molecule has 1 aromatic rings. The van der Waals surface area contributed by atoms with Crippen molar-refractivity contribution >= 4 is 37.8 Å². The van der Waals surface area contributed by atoms with Crippen LogP contribution in [0.1, 0.15) is 16.7 Å². The van der Waals surface area contributed by atoms with Gasteiger partial charge in [-0.05, 0) is 23.3 Å². The minimum Gasteiger partial charge on any atom is -0.481 e. The Morgan fingerprint density at radius 2 is 2.13 bits per heavy atom. The van der Waals surface area contributed by atoms with E-state index in [0.717, 1.165) is 10.0 Å². The third-order valence-corrected chi connectivity index (χ3v) is 3.26. The number of nitriles is 1. The van der Waals surface area contributed by atoms with E-state index in [1.165, 1.54) is 0 Å². The Bertz CT molecular complexity index is 438. The highest BCUT2D eigenvalue weighted by Gasteiger charge is 2.13. The van der Waals surface area contributed by atoms with Gasteiger partial charge in [0.1, 0.15) is 0 Å². The highest BCUT2D eigenvalue weighted by atomic mass is 79.9. The lowest BCUT2D eigenvalue weighted by molar-refractivity contribution is -0.136. The zero-order valence-electron chi connectivity index (χ0n) is 7.63. The smallest absolute Gasteiger partial charge is 0.307 e. The molecule has 0 spiro atoms. The van der Waals surface area contributed by atoms with Crippen LogP contribution in [-0.4, -0.2) is 11.1 Å². The highest BCUT2D eigenvalue weighted by Crippen LogP contribution is 2.26. The molecule has 78 valence electrons. The molecular weight excluding hydrogens is 326 g/mol. The van der Waals surface area contributed by atoms with Crippen molar-refractivity contribution in [2.45, 2.75) is 11.8 Å². The number of alkyl halides is 1. The number of hydrogen-bond donors (Lipinski definition) is 1. The highest BCUT2D eigenvalue weighted by molar-refractivity contribution is 9.10. The average Bonchev–Trinajstić information content (AvgIpc) is 2.18. The second-order valence-corrected chi connectivity index (χ2v) is 4.28. The normalized spacial score (nSPS) is 9.67. The van der Waals surface area contributed by atoms with Gasteiger partial charge < -0.3 is 5.11 Å². The molecule has 3 nitrogen and oxygen atoms in total. The molecule has 1 aromatic carbocycles. The number of benzene rings is 1. The van der Waals surface area contributed by atoms with Crippen molar-refractivity contribution in [3.05, 3.63) is 33.3 Å². The summed E-state index contributed by atoms with van der Waals surface area (Å²) < 4.78 is 0.814. The third kappa shape index (κ3) is 2.80. The quantitative estimate of drug-likeness (QED) is 0.866. The van der Waals surface area contributed by atoms with Gasteiger partial charge in [0.25, 0.3) is 0 Å². The Labute approximate surface area is 104 Å². The summed E-state index contributed by atoms with van der Waals surface area (Å²) in [4.78, 5) is 10.7. The standard InChI is InChI=1S/C10H7Br2NO2/c11-4-8-7(3-10(14)15)6(5-13)1-2-9(8)12/h1-2H,3-4H2,(H,14,15). The fraction of sp³-hybridized carbons (Fsp3) is 0.200. The first-order chi connectivity index (χ1) is 7.10. The molecule has 15 heavy (non-hydrogen) atoms. The van der Waals surface area contributed by atoms with E-state index in [1.807, 2.05) is 6.07 Å². The van der Waals surface area contributed by atoms with Crippen LogP contribution in [-0.2, 0) is 16.5 Å². The molecule has 0 aromatic heterocycles.